The molecule has 0 saturated heterocycles. The Morgan fingerprint density at radius 2 is 1.18 bits per heavy atom. The van der Waals surface area contributed by atoms with Crippen LogP contribution in [0.3, 0.4) is 0 Å². The zero-order valence-corrected chi connectivity index (χ0v) is 7.67. The lowest BCUT2D eigenvalue weighted by Crippen LogP contribution is -2.52. The topological polar surface area (TPSA) is 29.5 Å². The molecule has 104 valence electrons. The van der Waals surface area contributed by atoms with E-state index in [0.29, 0.717) is 0 Å². The van der Waals surface area contributed by atoms with Gasteiger partial charge in [-0.2, -0.15) is 39.5 Å². The summed E-state index contributed by atoms with van der Waals surface area (Å²) in [7, 11) is 0. The molecule has 0 radical (unpaired) electrons. The predicted octanol–water partition coefficient (Wildman–Crippen LogP) is 2.77. The van der Waals surface area contributed by atoms with Crippen LogP contribution in [0.2, 0.25) is 0 Å². The van der Waals surface area contributed by atoms with E-state index in [1.165, 1.54) is 0 Å². The van der Waals surface area contributed by atoms with Crippen molar-refractivity contribution in [1.29, 1.82) is 0 Å². The third-order valence-corrected chi connectivity index (χ3v) is 1.44. The van der Waals surface area contributed by atoms with E-state index in [0.717, 1.165) is 0 Å². The Labute approximate surface area is 88.0 Å². The van der Waals surface area contributed by atoms with Crippen molar-refractivity contribution in [2.45, 2.75) is 30.7 Å². The van der Waals surface area contributed by atoms with E-state index in [-0.39, 0.29) is 0 Å². The Hall–Kier alpha value is -0.710. The molecule has 0 unspecified atom stereocenters. The SMILES string of the molecule is OCCC(F)(F)C(F)(F)OC(F)(F)C(F)(F)F. The lowest BCUT2D eigenvalue weighted by Gasteiger charge is -2.29. The summed E-state index contributed by atoms with van der Waals surface area (Å²) in [5.74, 6) is -5.36. The molecule has 0 aromatic heterocycles. The van der Waals surface area contributed by atoms with Crippen molar-refractivity contribution in [2.75, 3.05) is 6.61 Å². The fourth-order valence-corrected chi connectivity index (χ4v) is 0.579. The van der Waals surface area contributed by atoms with Crippen molar-refractivity contribution in [3.63, 3.8) is 0 Å². The zero-order chi connectivity index (χ0) is 14.1. The maximum absolute atomic E-state index is 12.4. The molecular weight excluding hydrogens is 275 g/mol. The number of aliphatic hydroxyl groups is 1. The van der Waals surface area contributed by atoms with Crippen LogP contribution in [0.15, 0.2) is 0 Å². The Kier molecular flexibility index (Phi) is 4.33. The number of rotatable bonds is 5. The van der Waals surface area contributed by atoms with Crippen molar-refractivity contribution in [3.8, 4) is 0 Å². The molecule has 2 nitrogen and oxygen atoms in total. The first-order valence-corrected chi connectivity index (χ1v) is 3.78. The van der Waals surface area contributed by atoms with Crippen LogP contribution in [0, 0.1) is 0 Å². The highest BCUT2D eigenvalue weighted by molar-refractivity contribution is 4.79. The van der Waals surface area contributed by atoms with Crippen LogP contribution in [0.4, 0.5) is 39.5 Å². The molecule has 1 N–H and O–H groups in total. The van der Waals surface area contributed by atoms with E-state index >= 15 is 0 Å². The number of hydrogen-bond acceptors (Lipinski definition) is 2. The molecule has 17 heavy (non-hydrogen) atoms. The van der Waals surface area contributed by atoms with Crippen LogP contribution in [-0.2, 0) is 4.74 Å². The van der Waals surface area contributed by atoms with Gasteiger partial charge in [-0.1, -0.05) is 0 Å². The number of hydrogen-bond donors (Lipinski definition) is 1. The molecule has 0 saturated carbocycles. The van der Waals surface area contributed by atoms with E-state index < -0.39 is 37.3 Å². The maximum atomic E-state index is 12.4. The third kappa shape index (κ3) is 3.63. The number of ether oxygens (including phenoxy) is 1. The minimum Gasteiger partial charge on any atom is -0.396 e. The smallest absolute Gasteiger partial charge is 0.396 e. The van der Waals surface area contributed by atoms with Gasteiger partial charge in [0, 0.05) is 13.0 Å². The van der Waals surface area contributed by atoms with Crippen LogP contribution in [-0.4, -0.2) is 36.0 Å². The van der Waals surface area contributed by atoms with Gasteiger partial charge in [-0.3, -0.25) is 0 Å². The average Bonchev–Trinajstić information content (AvgIpc) is 1.98. The Balaban J connectivity index is 4.99. The Bertz CT molecular complexity index is 259. The highest BCUT2D eigenvalue weighted by Gasteiger charge is 2.69. The second kappa shape index (κ2) is 4.52. The summed E-state index contributed by atoms with van der Waals surface area (Å²) in [5.41, 5.74) is 0. The molecule has 0 aromatic rings. The summed E-state index contributed by atoms with van der Waals surface area (Å²) in [6, 6.07) is 0. The van der Waals surface area contributed by atoms with Crippen LogP contribution in [0.5, 0.6) is 0 Å². The monoisotopic (exact) mass is 280 g/mol. The van der Waals surface area contributed by atoms with Crippen LogP contribution >= 0.6 is 0 Å². The molecule has 0 aromatic carbocycles. The number of halogens is 9. The summed E-state index contributed by atoms with van der Waals surface area (Å²) in [6.07, 6.45) is -21.1. The highest BCUT2D eigenvalue weighted by atomic mass is 19.4. The summed E-state index contributed by atoms with van der Waals surface area (Å²) in [4.78, 5) is 0. The molecule has 0 aliphatic rings. The molecule has 0 spiro atoms. The van der Waals surface area contributed by atoms with Gasteiger partial charge in [-0.05, 0) is 0 Å². The average molecular weight is 280 g/mol. The van der Waals surface area contributed by atoms with Gasteiger partial charge in [0.25, 0.3) is 0 Å². The van der Waals surface area contributed by atoms with Crippen LogP contribution in [0.1, 0.15) is 6.42 Å². The van der Waals surface area contributed by atoms with Crippen LogP contribution in [0.25, 0.3) is 0 Å². The van der Waals surface area contributed by atoms with Gasteiger partial charge in [0.2, 0.25) is 0 Å². The van der Waals surface area contributed by atoms with Gasteiger partial charge in [0.05, 0.1) is 0 Å². The molecule has 11 heteroatoms. The third-order valence-electron chi connectivity index (χ3n) is 1.44. The molecule has 0 bridgehead atoms. The summed E-state index contributed by atoms with van der Waals surface area (Å²) in [6.45, 7) is -1.55. The summed E-state index contributed by atoms with van der Waals surface area (Å²) in [5, 5.41) is 7.94. The van der Waals surface area contributed by atoms with E-state index in [4.69, 9.17) is 5.11 Å². The number of aliphatic hydroxyl groups excluding tert-OH is 1. The van der Waals surface area contributed by atoms with Crippen molar-refractivity contribution < 1.29 is 49.4 Å². The minimum atomic E-state index is -6.56. The fraction of sp³-hybridized carbons (Fsp3) is 1.00. The second-order valence-electron chi connectivity index (χ2n) is 2.81. The number of alkyl halides is 9. The quantitative estimate of drug-likeness (QED) is 0.785. The van der Waals surface area contributed by atoms with E-state index in [9.17, 15) is 39.5 Å². The molecular formula is C6H5F9O2. The first-order chi connectivity index (χ1) is 7.27. The van der Waals surface area contributed by atoms with Crippen LogP contribution < -0.4 is 0 Å². The molecule has 0 rings (SSSR count). The lowest BCUT2D eigenvalue weighted by atomic mass is 10.2. The first kappa shape index (κ1) is 16.3. The second-order valence-corrected chi connectivity index (χ2v) is 2.81. The lowest BCUT2D eigenvalue weighted by molar-refractivity contribution is -0.486. The molecule has 0 heterocycles. The Morgan fingerprint density at radius 1 is 0.765 bits per heavy atom. The fourth-order valence-electron chi connectivity index (χ4n) is 0.579. The summed E-state index contributed by atoms with van der Waals surface area (Å²) < 4.78 is 110. The molecule has 0 aliphatic heterocycles. The van der Waals surface area contributed by atoms with Crippen molar-refractivity contribution in [3.05, 3.63) is 0 Å². The van der Waals surface area contributed by atoms with Crippen molar-refractivity contribution >= 4 is 0 Å². The molecule has 0 fully saturated rings. The Morgan fingerprint density at radius 3 is 1.47 bits per heavy atom. The maximum Gasteiger partial charge on any atom is 0.483 e. The largest absolute Gasteiger partial charge is 0.483 e. The summed E-state index contributed by atoms with van der Waals surface area (Å²) >= 11 is 0. The molecule has 0 atom stereocenters. The van der Waals surface area contributed by atoms with Gasteiger partial charge in [0.1, 0.15) is 0 Å². The minimum absolute atomic E-state index is 1.55. The van der Waals surface area contributed by atoms with Gasteiger partial charge >= 0.3 is 24.3 Å². The van der Waals surface area contributed by atoms with E-state index in [1.807, 2.05) is 4.74 Å². The van der Waals surface area contributed by atoms with Gasteiger partial charge < -0.3 is 5.11 Å². The normalized spacial score (nSPS) is 15.2. The van der Waals surface area contributed by atoms with Gasteiger partial charge in [-0.15, -0.1) is 0 Å². The molecule has 0 amide bonds. The molecule has 0 aliphatic carbocycles. The van der Waals surface area contributed by atoms with E-state index in [1.54, 1.807) is 0 Å². The zero-order valence-electron chi connectivity index (χ0n) is 7.67. The standard InChI is InChI=1S/C6H5F9O2/c7-3(8,1-2-16)5(12,13)17-6(14,15)4(9,10)11/h16H,1-2H2. The predicted molar refractivity (Wildman–Crippen MR) is 33.7 cm³/mol. The van der Waals surface area contributed by atoms with Crippen molar-refractivity contribution in [1.82, 2.24) is 0 Å². The highest BCUT2D eigenvalue weighted by Crippen LogP contribution is 2.46. The first-order valence-electron chi connectivity index (χ1n) is 3.78. The van der Waals surface area contributed by atoms with Gasteiger partial charge in [-0.25, -0.2) is 4.74 Å². The van der Waals surface area contributed by atoms with Crippen molar-refractivity contribution in [2.24, 2.45) is 0 Å². The van der Waals surface area contributed by atoms with E-state index in [2.05, 4.69) is 0 Å². The van der Waals surface area contributed by atoms with Gasteiger partial charge in [0.15, 0.2) is 0 Å².